The zero-order valence-corrected chi connectivity index (χ0v) is 11.0. The van der Waals surface area contributed by atoms with Crippen molar-refractivity contribution in [3.63, 3.8) is 0 Å². The van der Waals surface area contributed by atoms with Gasteiger partial charge < -0.3 is 15.2 Å². The van der Waals surface area contributed by atoms with Crippen molar-refractivity contribution in [1.82, 2.24) is 5.32 Å². The summed E-state index contributed by atoms with van der Waals surface area (Å²) in [5.41, 5.74) is -1.22. The van der Waals surface area contributed by atoms with E-state index in [0.29, 0.717) is 0 Å². The summed E-state index contributed by atoms with van der Waals surface area (Å²) in [5, 5.41) is 22.8. The average molecular weight is 268 g/mol. The molecule has 0 radical (unpaired) electrons. The lowest BCUT2D eigenvalue weighted by atomic mass is 10.1. The molecular weight excluding hydrogens is 252 g/mol. The Kier molecular flexibility index (Phi) is 4.44. The summed E-state index contributed by atoms with van der Waals surface area (Å²) in [4.78, 5) is 22.2. The van der Waals surface area contributed by atoms with E-state index in [2.05, 4.69) is 5.32 Å². The van der Waals surface area contributed by atoms with Gasteiger partial charge in [-0.05, 0) is 26.0 Å². The fourth-order valence-electron chi connectivity index (χ4n) is 1.64. The minimum absolute atomic E-state index is 0.186. The molecule has 1 aromatic rings. The molecule has 0 aliphatic heterocycles. The van der Waals surface area contributed by atoms with Crippen LogP contribution in [0.25, 0.3) is 0 Å². The maximum atomic E-state index is 12.0. The van der Waals surface area contributed by atoms with Crippen molar-refractivity contribution in [3.05, 3.63) is 33.9 Å². The summed E-state index contributed by atoms with van der Waals surface area (Å²) in [6, 6.07) is 3.32. The number of carbonyl (C=O) groups is 1. The summed E-state index contributed by atoms with van der Waals surface area (Å²) in [7, 11) is 1.49. The molecule has 7 nitrogen and oxygen atoms in total. The minimum atomic E-state index is -0.675. The molecule has 7 heteroatoms. The van der Waals surface area contributed by atoms with Gasteiger partial charge >= 0.3 is 0 Å². The number of benzene rings is 1. The van der Waals surface area contributed by atoms with Crippen LogP contribution in [0.5, 0.6) is 5.75 Å². The second-order valence-corrected chi connectivity index (χ2v) is 4.73. The lowest BCUT2D eigenvalue weighted by Crippen LogP contribution is -2.46. The summed E-state index contributed by atoms with van der Waals surface area (Å²) in [5.74, 6) is -0.843. The van der Waals surface area contributed by atoms with Gasteiger partial charge in [0.2, 0.25) is 0 Å². The van der Waals surface area contributed by atoms with Crippen molar-refractivity contribution in [3.8, 4) is 5.75 Å². The molecule has 19 heavy (non-hydrogen) atoms. The molecule has 0 heterocycles. The van der Waals surface area contributed by atoms with Crippen LogP contribution in [0.15, 0.2) is 18.2 Å². The lowest BCUT2D eigenvalue weighted by molar-refractivity contribution is -0.385. The van der Waals surface area contributed by atoms with E-state index in [1.54, 1.807) is 13.8 Å². The molecule has 0 unspecified atom stereocenters. The number of nitro benzene ring substituents is 1. The molecule has 0 aromatic heterocycles. The molecule has 0 saturated carbocycles. The molecule has 0 aliphatic rings. The molecule has 0 atom stereocenters. The Labute approximate surface area is 110 Å². The Morgan fingerprint density at radius 2 is 2.16 bits per heavy atom. The topological polar surface area (TPSA) is 102 Å². The van der Waals surface area contributed by atoms with E-state index in [-0.39, 0.29) is 23.6 Å². The first-order chi connectivity index (χ1) is 8.76. The third-order valence-corrected chi connectivity index (χ3v) is 2.38. The third kappa shape index (κ3) is 3.92. The van der Waals surface area contributed by atoms with Crippen molar-refractivity contribution < 1.29 is 19.6 Å². The molecule has 104 valence electrons. The lowest BCUT2D eigenvalue weighted by Gasteiger charge is -2.25. The van der Waals surface area contributed by atoms with Crippen molar-refractivity contribution in [2.24, 2.45) is 0 Å². The summed E-state index contributed by atoms with van der Waals surface area (Å²) in [6.45, 7) is 3.71. The summed E-state index contributed by atoms with van der Waals surface area (Å²) >= 11 is 0. The van der Waals surface area contributed by atoms with Crippen LogP contribution in [0.1, 0.15) is 24.2 Å². The Bertz CT molecular complexity index is 499. The Hall–Kier alpha value is -2.15. The molecule has 1 rings (SSSR count). The highest BCUT2D eigenvalue weighted by molar-refractivity contribution is 5.98. The van der Waals surface area contributed by atoms with Crippen LogP contribution in [0.3, 0.4) is 0 Å². The molecule has 0 saturated heterocycles. The molecule has 1 aromatic carbocycles. The van der Waals surface area contributed by atoms with Crippen LogP contribution in [-0.2, 0) is 4.74 Å². The number of phenols is 1. The van der Waals surface area contributed by atoms with Crippen LogP contribution >= 0.6 is 0 Å². The number of methoxy groups -OCH3 is 1. The van der Waals surface area contributed by atoms with Crippen LogP contribution in [0.4, 0.5) is 5.69 Å². The Morgan fingerprint density at radius 3 is 2.68 bits per heavy atom. The van der Waals surface area contributed by atoms with Gasteiger partial charge in [-0.25, -0.2) is 0 Å². The van der Waals surface area contributed by atoms with E-state index in [9.17, 15) is 20.0 Å². The average Bonchev–Trinajstić information content (AvgIpc) is 2.27. The van der Waals surface area contributed by atoms with Crippen molar-refractivity contribution in [2.75, 3.05) is 13.7 Å². The van der Waals surface area contributed by atoms with Gasteiger partial charge in [-0.2, -0.15) is 0 Å². The number of amides is 1. The maximum Gasteiger partial charge on any atom is 0.282 e. The van der Waals surface area contributed by atoms with E-state index < -0.39 is 16.4 Å². The van der Waals surface area contributed by atoms with Crippen molar-refractivity contribution in [2.45, 2.75) is 19.4 Å². The smallest absolute Gasteiger partial charge is 0.282 e. The SMILES string of the molecule is COCC(C)(C)NC(=O)c1cc(O)ccc1[N+](=O)[O-]. The second kappa shape index (κ2) is 5.66. The van der Waals surface area contributed by atoms with Crippen LogP contribution in [0.2, 0.25) is 0 Å². The monoisotopic (exact) mass is 268 g/mol. The molecular formula is C12H16N2O5. The number of carbonyl (C=O) groups excluding carboxylic acids is 1. The Morgan fingerprint density at radius 1 is 1.53 bits per heavy atom. The molecule has 0 bridgehead atoms. The number of rotatable bonds is 5. The highest BCUT2D eigenvalue weighted by Crippen LogP contribution is 2.23. The number of ether oxygens (including phenoxy) is 1. The van der Waals surface area contributed by atoms with E-state index in [4.69, 9.17) is 4.74 Å². The largest absolute Gasteiger partial charge is 0.508 e. The van der Waals surface area contributed by atoms with Gasteiger partial charge in [0.1, 0.15) is 11.3 Å². The predicted molar refractivity (Wildman–Crippen MR) is 68.2 cm³/mol. The highest BCUT2D eigenvalue weighted by Gasteiger charge is 2.26. The van der Waals surface area contributed by atoms with E-state index in [1.165, 1.54) is 7.11 Å². The predicted octanol–water partition coefficient (Wildman–Crippen LogP) is 1.46. The van der Waals surface area contributed by atoms with Crippen molar-refractivity contribution >= 4 is 11.6 Å². The zero-order chi connectivity index (χ0) is 14.6. The number of hydrogen-bond donors (Lipinski definition) is 2. The molecule has 0 spiro atoms. The number of phenolic OH excluding ortho intramolecular Hbond substituents is 1. The highest BCUT2D eigenvalue weighted by atomic mass is 16.6. The van der Waals surface area contributed by atoms with Crippen molar-refractivity contribution in [1.29, 1.82) is 0 Å². The second-order valence-electron chi connectivity index (χ2n) is 4.73. The summed E-state index contributed by atoms with van der Waals surface area (Å²) < 4.78 is 4.95. The number of hydrogen-bond acceptors (Lipinski definition) is 5. The number of nitrogens with one attached hydrogen (secondary N) is 1. The van der Waals surface area contributed by atoms with Gasteiger partial charge in [0.25, 0.3) is 11.6 Å². The minimum Gasteiger partial charge on any atom is -0.508 e. The zero-order valence-electron chi connectivity index (χ0n) is 11.0. The standard InChI is InChI=1S/C12H16N2O5/c1-12(2,7-19-3)13-11(16)9-6-8(15)4-5-10(9)14(17)18/h4-6,15H,7H2,1-3H3,(H,13,16). The van der Waals surface area contributed by atoms with Crippen LogP contribution in [-0.4, -0.2) is 35.2 Å². The Balaban J connectivity index is 3.05. The fourth-order valence-corrected chi connectivity index (χ4v) is 1.64. The first kappa shape index (κ1) is 14.9. The summed E-state index contributed by atoms with van der Waals surface area (Å²) in [6.07, 6.45) is 0. The molecule has 0 aliphatic carbocycles. The van der Waals surface area contributed by atoms with Gasteiger partial charge in [-0.3, -0.25) is 14.9 Å². The van der Waals surface area contributed by atoms with Gasteiger partial charge in [0, 0.05) is 13.2 Å². The van der Waals surface area contributed by atoms with Crippen LogP contribution < -0.4 is 5.32 Å². The third-order valence-electron chi connectivity index (χ3n) is 2.38. The molecule has 2 N–H and O–H groups in total. The quantitative estimate of drug-likeness (QED) is 0.621. The number of nitro groups is 1. The maximum absolute atomic E-state index is 12.0. The van der Waals surface area contributed by atoms with Gasteiger partial charge in [0.15, 0.2) is 0 Å². The van der Waals surface area contributed by atoms with Crippen LogP contribution in [0, 0.1) is 10.1 Å². The molecule has 0 fully saturated rings. The number of nitrogens with zero attached hydrogens (tertiary/aromatic N) is 1. The normalized spacial score (nSPS) is 11.1. The first-order valence-corrected chi connectivity index (χ1v) is 5.55. The fraction of sp³-hybridized carbons (Fsp3) is 0.417. The van der Waals surface area contributed by atoms with E-state index >= 15 is 0 Å². The van der Waals surface area contributed by atoms with Gasteiger partial charge in [-0.15, -0.1) is 0 Å². The van der Waals surface area contributed by atoms with Gasteiger partial charge in [-0.1, -0.05) is 0 Å². The molecule has 1 amide bonds. The number of aromatic hydroxyl groups is 1. The first-order valence-electron chi connectivity index (χ1n) is 5.55. The van der Waals surface area contributed by atoms with Gasteiger partial charge in [0.05, 0.1) is 17.1 Å². The van der Waals surface area contributed by atoms with E-state index in [0.717, 1.165) is 18.2 Å². The van der Waals surface area contributed by atoms with E-state index in [1.807, 2.05) is 0 Å².